The molecule has 0 saturated heterocycles. The maximum absolute atomic E-state index is 11.3. The fourth-order valence-electron chi connectivity index (χ4n) is 1.09. The summed E-state index contributed by atoms with van der Waals surface area (Å²) in [5.41, 5.74) is 0.815. The van der Waals surface area contributed by atoms with Crippen LogP contribution in [0.1, 0.15) is 0 Å². The van der Waals surface area contributed by atoms with Crippen LogP contribution in [-0.2, 0) is 11.2 Å². The zero-order valence-corrected chi connectivity index (χ0v) is 9.15. The molecule has 2 aromatic rings. The van der Waals surface area contributed by atoms with E-state index in [-0.39, 0.29) is 5.21 Å². The molecule has 78 valence electrons. The van der Waals surface area contributed by atoms with Gasteiger partial charge in [0.25, 0.3) is 0 Å². The summed E-state index contributed by atoms with van der Waals surface area (Å²) in [6.45, 7) is 0. The first-order valence-electron chi connectivity index (χ1n) is 4.09. The van der Waals surface area contributed by atoms with Crippen LogP contribution >= 0.6 is 11.6 Å². The third kappa shape index (κ3) is 2.28. The van der Waals surface area contributed by atoms with Crippen molar-refractivity contribution < 1.29 is 4.55 Å². The second-order valence-corrected chi connectivity index (χ2v) is 4.74. The molecular formula is C8H7ClN4OS. The number of hydrogen-bond acceptors (Lipinski definition) is 4. The van der Waals surface area contributed by atoms with Gasteiger partial charge in [0.1, 0.15) is 6.33 Å². The summed E-state index contributed by atoms with van der Waals surface area (Å²) >= 11 is 4.35. The van der Waals surface area contributed by atoms with Crippen molar-refractivity contribution >= 4 is 22.8 Å². The van der Waals surface area contributed by atoms with Crippen LogP contribution in [0.2, 0.25) is 0 Å². The lowest BCUT2D eigenvalue weighted by Gasteiger charge is -2.06. The van der Waals surface area contributed by atoms with Gasteiger partial charge in [-0.05, 0) is 34.7 Å². The summed E-state index contributed by atoms with van der Waals surface area (Å²) in [5.74, 6) is 0. The average Bonchev–Trinajstić information content (AvgIpc) is 2.82. The maximum atomic E-state index is 11.3. The van der Waals surface area contributed by atoms with Crippen LogP contribution in [0.4, 0.5) is 0 Å². The van der Waals surface area contributed by atoms with E-state index in [1.165, 1.54) is 11.0 Å². The predicted molar refractivity (Wildman–Crippen MR) is 56.3 cm³/mol. The third-order valence-electron chi connectivity index (χ3n) is 1.81. The highest BCUT2D eigenvalue weighted by Gasteiger charge is 2.08. The molecule has 0 fully saturated rings. The molecule has 15 heavy (non-hydrogen) atoms. The number of alkyl halides is 1. The van der Waals surface area contributed by atoms with Crippen molar-refractivity contribution in [2.75, 3.05) is 5.21 Å². The highest BCUT2D eigenvalue weighted by molar-refractivity contribution is 7.92. The second kappa shape index (κ2) is 4.61. The van der Waals surface area contributed by atoms with E-state index in [1.54, 1.807) is 24.3 Å². The summed E-state index contributed by atoms with van der Waals surface area (Å²) in [6.07, 6.45) is 1.49. The molecule has 7 heteroatoms. The van der Waals surface area contributed by atoms with Gasteiger partial charge >= 0.3 is 0 Å². The molecule has 0 aliphatic heterocycles. The van der Waals surface area contributed by atoms with Crippen LogP contribution in [0.3, 0.4) is 0 Å². The summed E-state index contributed by atoms with van der Waals surface area (Å²) in [5, 5.41) is 10.9. The minimum atomic E-state index is -1.14. The van der Waals surface area contributed by atoms with Crippen molar-refractivity contribution in [3.8, 4) is 5.69 Å². The van der Waals surface area contributed by atoms with Gasteiger partial charge in [-0.1, -0.05) is 11.6 Å². The van der Waals surface area contributed by atoms with Crippen LogP contribution < -0.4 is 0 Å². The van der Waals surface area contributed by atoms with E-state index in [4.69, 9.17) is 11.6 Å². The lowest BCUT2D eigenvalue weighted by molar-refractivity contribution is 0.599. The molecule has 0 bridgehead atoms. The SMILES string of the molecule is [O-][S+](CCl)c1ccc(-n2cnnn2)cc1. The molecule has 0 aliphatic rings. The van der Waals surface area contributed by atoms with E-state index in [0.717, 1.165) is 5.69 Å². The molecule has 5 nitrogen and oxygen atoms in total. The molecular weight excluding hydrogens is 236 g/mol. The molecule has 0 radical (unpaired) electrons. The second-order valence-electron chi connectivity index (χ2n) is 2.70. The largest absolute Gasteiger partial charge is 0.610 e. The number of rotatable bonds is 3. The van der Waals surface area contributed by atoms with Gasteiger partial charge in [0.15, 0.2) is 10.1 Å². The third-order valence-corrected chi connectivity index (χ3v) is 3.40. The zero-order chi connectivity index (χ0) is 10.7. The number of benzene rings is 1. The van der Waals surface area contributed by atoms with Gasteiger partial charge in [0.2, 0.25) is 0 Å². The van der Waals surface area contributed by atoms with Gasteiger partial charge < -0.3 is 4.55 Å². The van der Waals surface area contributed by atoms with E-state index in [2.05, 4.69) is 15.5 Å². The highest BCUT2D eigenvalue weighted by atomic mass is 35.5. The van der Waals surface area contributed by atoms with E-state index in [9.17, 15) is 4.55 Å². The van der Waals surface area contributed by atoms with E-state index < -0.39 is 11.2 Å². The normalized spacial score (nSPS) is 12.7. The zero-order valence-electron chi connectivity index (χ0n) is 7.58. The number of hydrogen-bond donors (Lipinski definition) is 0. The quantitative estimate of drug-likeness (QED) is 0.594. The molecule has 1 aromatic heterocycles. The Morgan fingerprint density at radius 2 is 2.07 bits per heavy atom. The van der Waals surface area contributed by atoms with Crippen LogP contribution in [-0.4, -0.2) is 30.0 Å². The van der Waals surface area contributed by atoms with Crippen molar-refractivity contribution in [2.45, 2.75) is 4.90 Å². The fourth-order valence-corrected chi connectivity index (χ4v) is 2.04. The smallest absolute Gasteiger partial charge is 0.184 e. The van der Waals surface area contributed by atoms with Crippen LogP contribution in [0.5, 0.6) is 0 Å². The van der Waals surface area contributed by atoms with E-state index in [1.807, 2.05) is 0 Å². The average molecular weight is 243 g/mol. The lowest BCUT2D eigenvalue weighted by Crippen LogP contribution is -2.02. The predicted octanol–water partition coefficient (Wildman–Crippen LogP) is 0.966. The Morgan fingerprint density at radius 1 is 1.33 bits per heavy atom. The first-order chi connectivity index (χ1) is 7.31. The highest BCUT2D eigenvalue weighted by Crippen LogP contribution is 2.14. The summed E-state index contributed by atoms with van der Waals surface area (Å²) < 4.78 is 12.9. The molecule has 1 aromatic carbocycles. The minimum absolute atomic E-state index is 0.101. The molecule has 0 saturated carbocycles. The summed E-state index contributed by atoms with van der Waals surface area (Å²) in [6, 6.07) is 7.07. The minimum Gasteiger partial charge on any atom is -0.610 e. The van der Waals surface area contributed by atoms with Gasteiger partial charge in [-0.15, -0.1) is 5.10 Å². The van der Waals surface area contributed by atoms with E-state index in [0.29, 0.717) is 4.90 Å². The van der Waals surface area contributed by atoms with E-state index >= 15 is 0 Å². The van der Waals surface area contributed by atoms with Crippen LogP contribution in [0.15, 0.2) is 35.5 Å². The Kier molecular flexibility index (Phi) is 3.20. The lowest BCUT2D eigenvalue weighted by atomic mass is 10.3. The maximum Gasteiger partial charge on any atom is 0.184 e. The standard InChI is InChI=1S/C8H7ClN4OS/c9-5-15(14)8-3-1-7(2-4-8)13-6-10-11-12-13/h1-4,6H,5H2. The molecule has 1 heterocycles. The summed E-state index contributed by atoms with van der Waals surface area (Å²) in [4.78, 5) is 0.696. The Morgan fingerprint density at radius 3 is 2.60 bits per heavy atom. The van der Waals surface area contributed by atoms with Crippen molar-refractivity contribution in [2.24, 2.45) is 0 Å². The molecule has 0 spiro atoms. The first-order valence-corrected chi connectivity index (χ1v) is 5.94. The Bertz CT molecular complexity index is 419. The van der Waals surface area contributed by atoms with Crippen LogP contribution in [0, 0.1) is 0 Å². The van der Waals surface area contributed by atoms with Gasteiger partial charge in [0.05, 0.1) is 5.69 Å². The van der Waals surface area contributed by atoms with Crippen molar-refractivity contribution in [3.05, 3.63) is 30.6 Å². The summed E-state index contributed by atoms with van der Waals surface area (Å²) in [7, 11) is 0. The number of nitrogens with zero attached hydrogens (tertiary/aromatic N) is 4. The van der Waals surface area contributed by atoms with Crippen molar-refractivity contribution in [1.82, 2.24) is 20.2 Å². The molecule has 0 amide bonds. The first kappa shape index (κ1) is 10.4. The van der Waals surface area contributed by atoms with Gasteiger partial charge in [0, 0.05) is 11.2 Å². The number of tetrazole rings is 1. The van der Waals surface area contributed by atoms with Gasteiger partial charge in [-0.25, -0.2) is 4.68 Å². The number of halogens is 1. The molecule has 2 rings (SSSR count). The van der Waals surface area contributed by atoms with Crippen LogP contribution in [0.25, 0.3) is 5.69 Å². The molecule has 0 N–H and O–H groups in total. The Labute approximate surface area is 94.2 Å². The van der Waals surface area contributed by atoms with Gasteiger partial charge in [-0.2, -0.15) is 0 Å². The number of aromatic nitrogens is 4. The topological polar surface area (TPSA) is 66.7 Å². The fraction of sp³-hybridized carbons (Fsp3) is 0.125. The molecule has 1 atom stereocenters. The Hall–Kier alpha value is -1.11. The van der Waals surface area contributed by atoms with Crippen molar-refractivity contribution in [1.29, 1.82) is 0 Å². The Balaban J connectivity index is 2.25. The van der Waals surface area contributed by atoms with Crippen molar-refractivity contribution in [3.63, 3.8) is 0 Å². The molecule has 0 aliphatic carbocycles. The molecule has 1 unspecified atom stereocenters. The van der Waals surface area contributed by atoms with Gasteiger partial charge in [-0.3, -0.25) is 0 Å². The monoisotopic (exact) mass is 242 g/mol.